The van der Waals surface area contributed by atoms with E-state index in [9.17, 15) is 4.79 Å². The number of carbonyl (C=O) groups excluding carboxylic acids is 1. The number of hydrogen-bond donors (Lipinski definition) is 1. The molecule has 2 fully saturated rings. The number of nitrogens with zero attached hydrogens (tertiary/aromatic N) is 1. The maximum Gasteiger partial charge on any atom is 0.241 e. The maximum atomic E-state index is 12.2. The van der Waals surface area contributed by atoms with Gasteiger partial charge in [0.1, 0.15) is 0 Å². The molecule has 0 spiro atoms. The molecule has 16 heavy (non-hydrogen) atoms. The molecule has 3 nitrogen and oxygen atoms in total. The van der Waals surface area contributed by atoms with Gasteiger partial charge < -0.3 is 4.90 Å². The normalized spacial score (nSPS) is 30.5. The topological polar surface area (TPSA) is 32.3 Å². The number of rotatable bonds is 5. The first kappa shape index (κ1) is 11.9. The zero-order valence-electron chi connectivity index (χ0n) is 10.7. The number of amides is 1. The van der Waals surface area contributed by atoms with Crippen LogP contribution in [0, 0.1) is 11.8 Å². The molecule has 2 unspecified atom stereocenters. The van der Waals surface area contributed by atoms with Crippen molar-refractivity contribution in [3.8, 4) is 0 Å². The first-order valence-corrected chi connectivity index (χ1v) is 6.70. The molecule has 0 aromatic carbocycles. The monoisotopic (exact) mass is 224 g/mol. The SMILES string of the molecule is CCCC1NC(C(C)C)N(CC2CC2)C1=O. The van der Waals surface area contributed by atoms with E-state index in [0.717, 1.165) is 25.3 Å². The van der Waals surface area contributed by atoms with Gasteiger partial charge >= 0.3 is 0 Å². The smallest absolute Gasteiger partial charge is 0.241 e. The molecule has 2 rings (SSSR count). The van der Waals surface area contributed by atoms with Gasteiger partial charge in [-0.2, -0.15) is 0 Å². The number of nitrogens with one attached hydrogen (secondary N) is 1. The summed E-state index contributed by atoms with van der Waals surface area (Å²) in [6.07, 6.45) is 4.94. The predicted octanol–water partition coefficient (Wildman–Crippen LogP) is 1.98. The Kier molecular flexibility index (Phi) is 3.53. The molecule has 1 amide bonds. The second kappa shape index (κ2) is 4.74. The van der Waals surface area contributed by atoms with Crippen LogP contribution in [-0.4, -0.2) is 29.6 Å². The van der Waals surface area contributed by atoms with Crippen LogP contribution in [0.4, 0.5) is 0 Å². The van der Waals surface area contributed by atoms with Crippen molar-refractivity contribution in [2.45, 2.75) is 58.7 Å². The minimum absolute atomic E-state index is 0.0798. The Balaban J connectivity index is 2.01. The van der Waals surface area contributed by atoms with Gasteiger partial charge in [-0.1, -0.05) is 27.2 Å². The molecule has 0 aromatic rings. The molecular weight excluding hydrogens is 200 g/mol. The van der Waals surface area contributed by atoms with E-state index in [-0.39, 0.29) is 12.2 Å². The van der Waals surface area contributed by atoms with Crippen molar-refractivity contribution in [2.75, 3.05) is 6.54 Å². The van der Waals surface area contributed by atoms with Crippen LogP contribution in [0.2, 0.25) is 0 Å². The molecule has 2 aliphatic rings. The molecule has 0 aromatic heterocycles. The fourth-order valence-corrected chi connectivity index (χ4v) is 2.53. The highest BCUT2D eigenvalue weighted by atomic mass is 16.2. The fourth-order valence-electron chi connectivity index (χ4n) is 2.53. The van der Waals surface area contributed by atoms with E-state index in [1.807, 2.05) is 0 Å². The quantitative estimate of drug-likeness (QED) is 0.774. The molecule has 1 saturated carbocycles. The van der Waals surface area contributed by atoms with E-state index in [1.54, 1.807) is 0 Å². The van der Waals surface area contributed by atoms with Crippen LogP contribution in [0.1, 0.15) is 46.5 Å². The largest absolute Gasteiger partial charge is 0.325 e. The molecular formula is C13H24N2O. The maximum absolute atomic E-state index is 12.2. The Hall–Kier alpha value is -0.570. The first-order chi connectivity index (χ1) is 7.63. The van der Waals surface area contributed by atoms with Gasteiger partial charge in [0.2, 0.25) is 5.91 Å². The van der Waals surface area contributed by atoms with Crippen molar-refractivity contribution in [3.63, 3.8) is 0 Å². The summed E-state index contributed by atoms with van der Waals surface area (Å²) < 4.78 is 0. The van der Waals surface area contributed by atoms with Crippen molar-refractivity contribution >= 4 is 5.91 Å². The van der Waals surface area contributed by atoms with Gasteiger partial charge in [0, 0.05) is 6.54 Å². The lowest BCUT2D eigenvalue weighted by Crippen LogP contribution is -2.42. The number of hydrogen-bond acceptors (Lipinski definition) is 2. The molecule has 1 N–H and O–H groups in total. The Labute approximate surface area is 98.6 Å². The average molecular weight is 224 g/mol. The van der Waals surface area contributed by atoms with Crippen LogP contribution in [0.5, 0.6) is 0 Å². The van der Waals surface area contributed by atoms with Crippen LogP contribution < -0.4 is 5.32 Å². The van der Waals surface area contributed by atoms with E-state index in [2.05, 4.69) is 31.0 Å². The Morgan fingerprint density at radius 1 is 1.44 bits per heavy atom. The minimum Gasteiger partial charge on any atom is -0.325 e. The lowest BCUT2D eigenvalue weighted by Gasteiger charge is -2.27. The summed E-state index contributed by atoms with van der Waals surface area (Å²) in [5, 5.41) is 3.50. The highest BCUT2D eigenvalue weighted by Gasteiger charge is 2.41. The summed E-state index contributed by atoms with van der Waals surface area (Å²) in [5.74, 6) is 1.63. The van der Waals surface area contributed by atoms with Crippen molar-refractivity contribution in [2.24, 2.45) is 11.8 Å². The van der Waals surface area contributed by atoms with Crippen molar-refractivity contribution in [3.05, 3.63) is 0 Å². The average Bonchev–Trinajstić information content (AvgIpc) is 2.98. The molecule has 3 heteroatoms. The third-order valence-electron chi connectivity index (χ3n) is 3.65. The van der Waals surface area contributed by atoms with Crippen LogP contribution in [-0.2, 0) is 4.79 Å². The molecule has 92 valence electrons. The summed E-state index contributed by atoms with van der Waals surface area (Å²) in [6.45, 7) is 7.51. The Morgan fingerprint density at radius 2 is 2.12 bits per heavy atom. The van der Waals surface area contributed by atoms with Gasteiger partial charge in [-0.15, -0.1) is 0 Å². The second-order valence-electron chi connectivity index (χ2n) is 5.63. The fraction of sp³-hybridized carbons (Fsp3) is 0.923. The first-order valence-electron chi connectivity index (χ1n) is 6.70. The van der Waals surface area contributed by atoms with Crippen LogP contribution in [0.25, 0.3) is 0 Å². The van der Waals surface area contributed by atoms with E-state index in [4.69, 9.17) is 0 Å². The molecule has 0 bridgehead atoms. The summed E-state index contributed by atoms with van der Waals surface area (Å²) in [5.41, 5.74) is 0. The number of carbonyl (C=O) groups is 1. The van der Waals surface area contributed by atoms with Gasteiger partial charge in [0.05, 0.1) is 12.2 Å². The van der Waals surface area contributed by atoms with E-state index in [0.29, 0.717) is 11.8 Å². The molecule has 1 aliphatic heterocycles. The zero-order chi connectivity index (χ0) is 11.7. The Morgan fingerprint density at radius 3 is 2.62 bits per heavy atom. The predicted molar refractivity (Wildman–Crippen MR) is 64.9 cm³/mol. The van der Waals surface area contributed by atoms with Gasteiger partial charge in [0.25, 0.3) is 0 Å². The van der Waals surface area contributed by atoms with Crippen molar-refractivity contribution in [1.82, 2.24) is 10.2 Å². The third kappa shape index (κ3) is 2.40. The summed E-state index contributed by atoms with van der Waals surface area (Å²) in [7, 11) is 0. The van der Waals surface area contributed by atoms with Gasteiger partial charge in [0.15, 0.2) is 0 Å². The Bertz CT molecular complexity index is 261. The standard InChI is InChI=1S/C13H24N2O/c1-4-5-11-13(16)15(8-10-6-7-10)12(14-11)9(2)3/h9-12,14H,4-8H2,1-3H3. The van der Waals surface area contributed by atoms with E-state index in [1.165, 1.54) is 12.8 Å². The van der Waals surface area contributed by atoms with Crippen molar-refractivity contribution in [1.29, 1.82) is 0 Å². The third-order valence-corrected chi connectivity index (χ3v) is 3.65. The van der Waals surface area contributed by atoms with Crippen LogP contribution >= 0.6 is 0 Å². The summed E-state index contributed by atoms with van der Waals surface area (Å²) >= 11 is 0. The van der Waals surface area contributed by atoms with Crippen LogP contribution in [0.3, 0.4) is 0 Å². The summed E-state index contributed by atoms with van der Waals surface area (Å²) in [6, 6.07) is 0.0798. The molecule has 1 aliphatic carbocycles. The molecule has 1 heterocycles. The minimum atomic E-state index is 0.0798. The zero-order valence-corrected chi connectivity index (χ0v) is 10.7. The lowest BCUT2D eigenvalue weighted by atomic mass is 10.1. The van der Waals surface area contributed by atoms with Crippen LogP contribution in [0.15, 0.2) is 0 Å². The molecule has 2 atom stereocenters. The van der Waals surface area contributed by atoms with Gasteiger partial charge in [-0.25, -0.2) is 0 Å². The molecule has 0 radical (unpaired) electrons. The van der Waals surface area contributed by atoms with E-state index < -0.39 is 0 Å². The van der Waals surface area contributed by atoms with Crippen molar-refractivity contribution < 1.29 is 4.79 Å². The van der Waals surface area contributed by atoms with Gasteiger partial charge in [-0.3, -0.25) is 10.1 Å². The second-order valence-corrected chi connectivity index (χ2v) is 5.63. The van der Waals surface area contributed by atoms with Gasteiger partial charge in [-0.05, 0) is 31.1 Å². The van der Waals surface area contributed by atoms with E-state index >= 15 is 0 Å². The lowest BCUT2D eigenvalue weighted by molar-refractivity contribution is -0.130. The highest BCUT2D eigenvalue weighted by molar-refractivity contribution is 5.84. The molecule has 1 saturated heterocycles. The highest BCUT2D eigenvalue weighted by Crippen LogP contribution is 2.32. The summed E-state index contributed by atoms with van der Waals surface area (Å²) in [4.78, 5) is 14.3.